The zero-order valence-electron chi connectivity index (χ0n) is 8.07. The molecule has 0 saturated heterocycles. The molecule has 0 atom stereocenters. The van der Waals surface area contributed by atoms with E-state index in [9.17, 15) is 0 Å². The van der Waals surface area contributed by atoms with Crippen LogP contribution in [0.1, 0.15) is 25.0 Å². The summed E-state index contributed by atoms with van der Waals surface area (Å²) < 4.78 is 0. The Kier molecular flexibility index (Phi) is 2.42. The zero-order chi connectivity index (χ0) is 10.3. The number of benzene rings is 1. The lowest BCUT2D eigenvalue weighted by Crippen LogP contribution is -1.83. The average Bonchev–Trinajstić information content (AvgIpc) is 2.41. The molecular formula is C12H10Cl2. The second kappa shape index (κ2) is 3.45. The van der Waals surface area contributed by atoms with Crippen LogP contribution in [-0.4, -0.2) is 0 Å². The highest BCUT2D eigenvalue weighted by molar-refractivity contribution is 6.59. The van der Waals surface area contributed by atoms with E-state index in [1.165, 1.54) is 5.57 Å². The fourth-order valence-corrected chi connectivity index (χ4v) is 2.38. The maximum absolute atomic E-state index is 6.18. The second-order valence-electron chi connectivity index (χ2n) is 3.55. The summed E-state index contributed by atoms with van der Waals surface area (Å²) in [6.45, 7) is 4.09. The predicted octanol–water partition coefficient (Wildman–Crippen LogP) is 4.64. The number of hydrogen-bond acceptors (Lipinski definition) is 0. The molecule has 1 aromatic rings. The maximum atomic E-state index is 6.18. The molecule has 14 heavy (non-hydrogen) atoms. The van der Waals surface area contributed by atoms with E-state index in [0.29, 0.717) is 10.1 Å². The van der Waals surface area contributed by atoms with E-state index in [1.807, 2.05) is 32.0 Å². The molecular weight excluding hydrogens is 215 g/mol. The van der Waals surface area contributed by atoms with E-state index in [4.69, 9.17) is 23.2 Å². The van der Waals surface area contributed by atoms with Crippen molar-refractivity contribution in [2.75, 3.05) is 0 Å². The van der Waals surface area contributed by atoms with Crippen molar-refractivity contribution in [3.8, 4) is 0 Å². The molecule has 72 valence electrons. The summed E-state index contributed by atoms with van der Waals surface area (Å²) >= 11 is 12.3. The van der Waals surface area contributed by atoms with Crippen molar-refractivity contribution in [1.29, 1.82) is 0 Å². The first-order valence-corrected chi connectivity index (χ1v) is 5.21. The van der Waals surface area contributed by atoms with Gasteiger partial charge in [-0.2, -0.15) is 0 Å². The van der Waals surface area contributed by atoms with Gasteiger partial charge in [0.25, 0.3) is 0 Å². The standard InChI is InChI=1S/C12H10Cl2/c1-7(2)10-8-5-3-4-6-9(8)11(13)12(10)14/h3-6H,1-2H3. The summed E-state index contributed by atoms with van der Waals surface area (Å²) in [6.07, 6.45) is 0. The summed E-state index contributed by atoms with van der Waals surface area (Å²) in [5, 5.41) is 1.34. The molecule has 0 aliphatic heterocycles. The van der Waals surface area contributed by atoms with Crippen molar-refractivity contribution in [2.45, 2.75) is 13.8 Å². The summed E-state index contributed by atoms with van der Waals surface area (Å²) in [5.74, 6) is 0. The lowest BCUT2D eigenvalue weighted by Gasteiger charge is -2.03. The SMILES string of the molecule is CC(C)=C1C(Cl)=C(Cl)c2ccccc21. The van der Waals surface area contributed by atoms with Crippen LogP contribution in [0.15, 0.2) is 34.9 Å². The van der Waals surface area contributed by atoms with Crippen LogP contribution in [0.5, 0.6) is 0 Å². The Labute approximate surface area is 93.8 Å². The largest absolute Gasteiger partial charge is 0.0820 e. The molecule has 2 heteroatoms. The third-order valence-electron chi connectivity index (χ3n) is 2.35. The van der Waals surface area contributed by atoms with Gasteiger partial charge in [0.15, 0.2) is 0 Å². The van der Waals surface area contributed by atoms with Gasteiger partial charge in [0.05, 0.1) is 10.1 Å². The van der Waals surface area contributed by atoms with Gasteiger partial charge in [0, 0.05) is 11.1 Å². The van der Waals surface area contributed by atoms with Gasteiger partial charge >= 0.3 is 0 Å². The minimum absolute atomic E-state index is 0.665. The van der Waals surface area contributed by atoms with E-state index in [1.54, 1.807) is 0 Å². The smallest absolute Gasteiger partial charge is 0.0677 e. The van der Waals surface area contributed by atoms with Gasteiger partial charge in [-0.25, -0.2) is 0 Å². The van der Waals surface area contributed by atoms with Crippen LogP contribution in [0.25, 0.3) is 10.6 Å². The van der Waals surface area contributed by atoms with Crippen molar-refractivity contribution in [3.63, 3.8) is 0 Å². The van der Waals surface area contributed by atoms with Crippen molar-refractivity contribution in [2.24, 2.45) is 0 Å². The summed E-state index contributed by atoms with van der Waals surface area (Å²) in [6, 6.07) is 8.02. The van der Waals surface area contributed by atoms with Crippen molar-refractivity contribution >= 4 is 33.8 Å². The third-order valence-corrected chi connectivity index (χ3v) is 3.21. The van der Waals surface area contributed by atoms with Crippen LogP contribution in [0.2, 0.25) is 0 Å². The Morgan fingerprint density at radius 1 is 0.929 bits per heavy atom. The Morgan fingerprint density at radius 3 is 2.07 bits per heavy atom. The van der Waals surface area contributed by atoms with E-state index in [2.05, 4.69) is 6.07 Å². The van der Waals surface area contributed by atoms with E-state index >= 15 is 0 Å². The molecule has 2 rings (SSSR count). The number of hydrogen-bond donors (Lipinski definition) is 0. The number of rotatable bonds is 0. The van der Waals surface area contributed by atoms with Crippen LogP contribution in [0, 0.1) is 0 Å². The maximum Gasteiger partial charge on any atom is 0.0677 e. The molecule has 1 aliphatic rings. The van der Waals surface area contributed by atoms with Crippen molar-refractivity contribution in [1.82, 2.24) is 0 Å². The van der Waals surface area contributed by atoms with E-state index in [0.717, 1.165) is 16.7 Å². The normalized spacial score (nSPS) is 14.7. The Hall–Kier alpha value is -0.720. The summed E-state index contributed by atoms with van der Waals surface area (Å²) in [7, 11) is 0. The van der Waals surface area contributed by atoms with Crippen molar-refractivity contribution < 1.29 is 0 Å². The van der Waals surface area contributed by atoms with Gasteiger partial charge in [-0.15, -0.1) is 0 Å². The van der Waals surface area contributed by atoms with Crippen LogP contribution >= 0.6 is 23.2 Å². The van der Waals surface area contributed by atoms with Gasteiger partial charge in [0.1, 0.15) is 0 Å². The molecule has 0 bridgehead atoms. The second-order valence-corrected chi connectivity index (χ2v) is 4.30. The van der Waals surface area contributed by atoms with Gasteiger partial charge in [-0.05, 0) is 19.4 Å². The Morgan fingerprint density at radius 2 is 1.50 bits per heavy atom. The Bertz CT molecular complexity index is 449. The van der Waals surface area contributed by atoms with Crippen LogP contribution in [0.3, 0.4) is 0 Å². The summed E-state index contributed by atoms with van der Waals surface area (Å²) in [4.78, 5) is 0. The number of halogens is 2. The highest BCUT2D eigenvalue weighted by Crippen LogP contribution is 2.46. The van der Waals surface area contributed by atoms with Crippen LogP contribution in [0.4, 0.5) is 0 Å². The molecule has 1 aliphatic carbocycles. The van der Waals surface area contributed by atoms with Crippen LogP contribution < -0.4 is 0 Å². The zero-order valence-corrected chi connectivity index (χ0v) is 9.58. The first-order chi connectivity index (χ1) is 6.63. The first-order valence-electron chi connectivity index (χ1n) is 4.46. The van der Waals surface area contributed by atoms with Gasteiger partial charge < -0.3 is 0 Å². The van der Waals surface area contributed by atoms with Gasteiger partial charge in [-0.1, -0.05) is 53.0 Å². The minimum Gasteiger partial charge on any atom is -0.0820 e. The van der Waals surface area contributed by atoms with E-state index < -0.39 is 0 Å². The Balaban J connectivity index is 2.77. The third kappa shape index (κ3) is 1.30. The van der Waals surface area contributed by atoms with Crippen molar-refractivity contribution in [3.05, 3.63) is 46.0 Å². The molecule has 0 radical (unpaired) electrons. The fraction of sp³-hybridized carbons (Fsp3) is 0.167. The number of fused-ring (bicyclic) bond motifs is 1. The predicted molar refractivity (Wildman–Crippen MR) is 63.3 cm³/mol. The quantitative estimate of drug-likeness (QED) is 0.603. The molecule has 1 aromatic carbocycles. The molecule has 0 unspecified atom stereocenters. The molecule has 0 fully saturated rings. The molecule has 0 amide bonds. The average molecular weight is 225 g/mol. The molecule has 0 heterocycles. The molecule has 0 nitrogen and oxygen atoms in total. The lowest BCUT2D eigenvalue weighted by atomic mass is 10.0. The van der Waals surface area contributed by atoms with E-state index in [-0.39, 0.29) is 0 Å². The molecule has 0 saturated carbocycles. The molecule has 0 spiro atoms. The minimum atomic E-state index is 0.665. The summed E-state index contributed by atoms with van der Waals surface area (Å²) in [5.41, 5.74) is 4.45. The topological polar surface area (TPSA) is 0 Å². The lowest BCUT2D eigenvalue weighted by molar-refractivity contribution is 1.39. The van der Waals surface area contributed by atoms with Gasteiger partial charge in [0.2, 0.25) is 0 Å². The monoisotopic (exact) mass is 224 g/mol. The highest BCUT2D eigenvalue weighted by atomic mass is 35.5. The fourth-order valence-electron chi connectivity index (χ4n) is 1.73. The highest BCUT2D eigenvalue weighted by Gasteiger charge is 2.24. The first kappa shape index (κ1) is 9.82. The molecule has 0 N–H and O–H groups in total. The van der Waals surface area contributed by atoms with Crippen LogP contribution in [-0.2, 0) is 0 Å². The number of allylic oxidation sites excluding steroid dienone is 3. The van der Waals surface area contributed by atoms with Gasteiger partial charge in [-0.3, -0.25) is 0 Å². The molecule has 0 aromatic heterocycles.